The van der Waals surface area contributed by atoms with Gasteiger partial charge in [-0.15, -0.1) is 45.2 Å². The molecule has 0 fully saturated rings. The quantitative estimate of drug-likeness (QED) is 0.132. The summed E-state index contributed by atoms with van der Waals surface area (Å²) in [6.45, 7) is 13.8. The number of aryl methyl sites for hydroxylation is 3. The number of benzene rings is 5. The molecular weight excluding hydrogens is 780 g/mol. The van der Waals surface area contributed by atoms with E-state index in [4.69, 9.17) is 16.3 Å². The summed E-state index contributed by atoms with van der Waals surface area (Å²) in [7, 11) is 0. The Bertz CT molecular complexity index is 2760. The average molecular weight is 804 g/mol. The van der Waals surface area contributed by atoms with E-state index in [1.165, 1.54) is 0 Å². The van der Waals surface area contributed by atoms with E-state index in [0.29, 0.717) is 34.6 Å². The van der Waals surface area contributed by atoms with Gasteiger partial charge in [-0.05, 0) is 54.8 Å². The van der Waals surface area contributed by atoms with E-state index < -0.39 is 0 Å². The molecule has 0 amide bonds. The van der Waals surface area contributed by atoms with Crippen molar-refractivity contribution in [1.29, 1.82) is 0 Å². The minimum absolute atomic E-state index is 0. The fourth-order valence-electron chi connectivity index (χ4n) is 6.72. The maximum absolute atomic E-state index is 7.79. The first-order valence-corrected chi connectivity index (χ1v) is 15.1. The van der Waals surface area contributed by atoms with Crippen molar-refractivity contribution in [2.75, 3.05) is 0 Å². The van der Waals surface area contributed by atoms with Crippen molar-refractivity contribution in [3.63, 3.8) is 0 Å². The number of nitrogens with zero attached hydrogens (tertiary/aromatic N) is 8. The van der Waals surface area contributed by atoms with Gasteiger partial charge < -0.3 is 9.30 Å². The first kappa shape index (κ1) is 29.6. The second-order valence-electron chi connectivity index (χ2n) is 11.6. The topological polar surface area (TPSA) is 79.4 Å². The standard InChI is InChI=1S/C38H24N8O.Pt/c1-22-9-7-10-23(2)36(22)44-21-40-42-38(44)45-32-13-6-5-11-27(32)28-17-15-26(20-34(28)45)47-25-16-18-29-30(19-25)37-41-24(3)43-46(37)33-14-8-12-31(39-4)35(29)33;/h5-18,21H,1-3H3;/q-2;+2. The van der Waals surface area contributed by atoms with E-state index >= 15 is 0 Å². The van der Waals surface area contributed by atoms with Crippen LogP contribution in [0.1, 0.15) is 17.0 Å². The third kappa shape index (κ3) is 4.34. The fraction of sp³-hybridized carbons (Fsp3) is 0.0789. The van der Waals surface area contributed by atoms with Crippen LogP contribution in [0, 0.1) is 39.5 Å². The molecule has 10 heteroatoms. The minimum Gasteiger partial charge on any atom is -0.503 e. The molecule has 0 spiro atoms. The molecule has 4 heterocycles. The van der Waals surface area contributed by atoms with Gasteiger partial charge in [0.05, 0.1) is 17.9 Å². The van der Waals surface area contributed by atoms with Gasteiger partial charge in [-0.25, -0.2) is 4.85 Å². The van der Waals surface area contributed by atoms with E-state index in [-0.39, 0.29) is 21.1 Å². The molecule has 0 N–H and O–H groups in total. The number of ether oxygens (including phenoxy) is 1. The molecule has 0 unspecified atom stereocenters. The largest absolute Gasteiger partial charge is 2.00 e. The minimum atomic E-state index is 0. The zero-order chi connectivity index (χ0) is 31.8. The summed E-state index contributed by atoms with van der Waals surface area (Å²) in [5.41, 5.74) is 7.12. The van der Waals surface area contributed by atoms with Crippen LogP contribution >= 0.6 is 0 Å². The monoisotopic (exact) mass is 803 g/mol. The Hall–Kier alpha value is -5.84. The number of para-hydroxylation sites is 2. The Morgan fingerprint density at radius 1 is 0.771 bits per heavy atom. The van der Waals surface area contributed by atoms with Crippen LogP contribution in [0.2, 0.25) is 0 Å². The molecule has 9 nitrogen and oxygen atoms in total. The van der Waals surface area contributed by atoms with E-state index in [1.54, 1.807) is 10.8 Å². The average Bonchev–Trinajstić information content (AvgIpc) is 3.80. The summed E-state index contributed by atoms with van der Waals surface area (Å²) >= 11 is 0. The van der Waals surface area contributed by atoms with E-state index in [9.17, 15) is 0 Å². The molecule has 5 aromatic carbocycles. The van der Waals surface area contributed by atoms with Crippen LogP contribution in [0.25, 0.3) is 65.6 Å². The molecule has 0 bridgehead atoms. The molecule has 0 saturated carbocycles. The van der Waals surface area contributed by atoms with Gasteiger partial charge in [0.15, 0.2) is 5.69 Å². The van der Waals surface area contributed by atoms with Crippen molar-refractivity contribution in [2.24, 2.45) is 0 Å². The van der Waals surface area contributed by atoms with Crippen molar-refractivity contribution in [3.05, 3.63) is 132 Å². The van der Waals surface area contributed by atoms with Gasteiger partial charge >= 0.3 is 21.1 Å². The van der Waals surface area contributed by atoms with Crippen molar-refractivity contribution < 1.29 is 25.8 Å². The maximum Gasteiger partial charge on any atom is 2.00 e. The van der Waals surface area contributed by atoms with E-state index in [2.05, 4.69) is 87.1 Å². The molecule has 48 heavy (non-hydrogen) atoms. The summed E-state index contributed by atoms with van der Waals surface area (Å²) in [6, 6.07) is 34.9. The SMILES string of the molecule is [C-]#[N+]c1cccc2c1c1ccc(Oc3[c-]c4c(cc3)c3ccccc3n4-c3nncn3-c3c(C)cccc3C)[c-]c1c1nc(C)nn21.[Pt+2]. The molecule has 0 aliphatic rings. The molecule has 0 saturated heterocycles. The second-order valence-corrected chi connectivity index (χ2v) is 11.6. The predicted octanol–water partition coefficient (Wildman–Crippen LogP) is 8.58. The Morgan fingerprint density at radius 2 is 1.50 bits per heavy atom. The van der Waals surface area contributed by atoms with Crippen LogP contribution in [0.3, 0.4) is 0 Å². The second kappa shape index (κ2) is 11.1. The fourth-order valence-corrected chi connectivity index (χ4v) is 6.72. The van der Waals surface area contributed by atoms with Crippen LogP contribution in [0.4, 0.5) is 5.69 Å². The zero-order valence-corrected chi connectivity index (χ0v) is 28.2. The van der Waals surface area contributed by atoms with Gasteiger partial charge in [0.2, 0.25) is 5.95 Å². The third-order valence-electron chi connectivity index (χ3n) is 8.68. The van der Waals surface area contributed by atoms with Gasteiger partial charge in [0, 0.05) is 22.5 Å². The summed E-state index contributed by atoms with van der Waals surface area (Å²) in [4.78, 5) is 8.50. The van der Waals surface area contributed by atoms with Crippen LogP contribution in [0.5, 0.6) is 11.5 Å². The van der Waals surface area contributed by atoms with Gasteiger partial charge in [0.1, 0.15) is 12.2 Å². The summed E-state index contributed by atoms with van der Waals surface area (Å²) in [6.07, 6.45) is 1.76. The van der Waals surface area contributed by atoms with Crippen molar-refractivity contribution in [1.82, 2.24) is 33.9 Å². The van der Waals surface area contributed by atoms with Gasteiger partial charge in [0.25, 0.3) is 0 Å². The first-order chi connectivity index (χ1) is 23.0. The van der Waals surface area contributed by atoms with Gasteiger partial charge in [-0.3, -0.25) is 14.1 Å². The number of pyridine rings is 1. The Balaban J connectivity index is 0.00000336. The Morgan fingerprint density at radius 3 is 2.31 bits per heavy atom. The third-order valence-corrected chi connectivity index (χ3v) is 8.68. The van der Waals surface area contributed by atoms with Gasteiger partial charge in [-0.1, -0.05) is 65.5 Å². The van der Waals surface area contributed by atoms with Crippen molar-refractivity contribution in [3.8, 4) is 23.1 Å². The summed E-state index contributed by atoms with van der Waals surface area (Å²) in [5, 5.41) is 18.1. The predicted molar refractivity (Wildman–Crippen MR) is 182 cm³/mol. The number of fused-ring (bicyclic) bond motifs is 9. The van der Waals surface area contributed by atoms with E-state index in [1.807, 2.05) is 60.0 Å². The summed E-state index contributed by atoms with van der Waals surface area (Å²) < 4.78 is 12.4. The molecule has 0 aliphatic heterocycles. The van der Waals surface area contributed by atoms with Crippen LogP contribution in [-0.4, -0.2) is 33.9 Å². The number of hydrogen-bond acceptors (Lipinski definition) is 5. The van der Waals surface area contributed by atoms with Crippen LogP contribution in [0.15, 0.2) is 91.3 Å². The number of hydrogen-bond donors (Lipinski definition) is 0. The Labute approximate surface area is 289 Å². The number of aromatic nitrogens is 7. The molecule has 0 atom stereocenters. The van der Waals surface area contributed by atoms with Gasteiger partial charge in [-0.2, -0.15) is 11.2 Å². The molecule has 0 radical (unpaired) electrons. The van der Waals surface area contributed by atoms with E-state index in [0.717, 1.165) is 60.3 Å². The summed E-state index contributed by atoms with van der Waals surface area (Å²) in [5.74, 6) is 2.31. The maximum atomic E-state index is 7.79. The van der Waals surface area contributed by atoms with Crippen LogP contribution in [-0.2, 0) is 21.1 Å². The van der Waals surface area contributed by atoms with Crippen LogP contribution < -0.4 is 4.74 Å². The molecule has 0 aliphatic carbocycles. The molecule has 9 aromatic rings. The van der Waals surface area contributed by atoms with Crippen molar-refractivity contribution in [2.45, 2.75) is 20.8 Å². The van der Waals surface area contributed by atoms with Crippen molar-refractivity contribution >= 4 is 54.8 Å². The molecule has 9 rings (SSSR count). The zero-order valence-electron chi connectivity index (χ0n) is 26.0. The number of rotatable bonds is 4. The molecule has 4 aromatic heterocycles. The Kier molecular flexibility index (Phi) is 6.86. The first-order valence-electron chi connectivity index (χ1n) is 15.1. The normalized spacial score (nSPS) is 11.5. The molecular formula is C38H24N8OPt. The smallest absolute Gasteiger partial charge is 0.503 e. The molecule has 232 valence electrons.